The molecule has 0 radical (unpaired) electrons. The molecule has 0 saturated carbocycles. The van der Waals surface area contributed by atoms with Crippen LogP contribution in [0.1, 0.15) is 45.4 Å². The van der Waals surface area contributed by atoms with E-state index in [0.717, 1.165) is 12.8 Å². The van der Waals surface area contributed by atoms with Gasteiger partial charge >= 0.3 is 11.8 Å². The lowest BCUT2D eigenvalue weighted by molar-refractivity contribution is -0.389. The minimum atomic E-state index is -0.492. The van der Waals surface area contributed by atoms with Gasteiger partial charge in [0.25, 0.3) is 0 Å². The van der Waals surface area contributed by atoms with E-state index in [1.807, 2.05) is 0 Å². The predicted molar refractivity (Wildman–Crippen MR) is 66.7 cm³/mol. The molecule has 0 bridgehead atoms. The Bertz CT molecular complexity index is 393. The SMILES string of the molecule is CCCCCCCC1Cn2cc([N+](=O)[O-])nc2O1. The van der Waals surface area contributed by atoms with E-state index in [-0.39, 0.29) is 11.9 Å². The third-order valence-corrected chi connectivity index (χ3v) is 3.22. The van der Waals surface area contributed by atoms with E-state index >= 15 is 0 Å². The molecule has 0 saturated heterocycles. The van der Waals surface area contributed by atoms with Crippen LogP contribution in [0.3, 0.4) is 0 Å². The van der Waals surface area contributed by atoms with Crippen molar-refractivity contribution in [3.63, 3.8) is 0 Å². The van der Waals surface area contributed by atoms with Crippen molar-refractivity contribution in [3.05, 3.63) is 16.3 Å². The first-order valence-electron chi connectivity index (χ1n) is 6.59. The largest absolute Gasteiger partial charge is 0.441 e. The molecule has 0 spiro atoms. The standard InChI is InChI=1S/C12H19N3O3/c1-2-3-4-5-6-7-10-8-14-9-11(15(16)17)13-12(14)18-10/h9-10H,2-8H2,1H3. The van der Waals surface area contributed by atoms with Crippen LogP contribution >= 0.6 is 0 Å². The number of aromatic nitrogens is 2. The maximum Gasteiger partial charge on any atom is 0.414 e. The molecule has 0 amide bonds. The molecule has 0 aliphatic carbocycles. The number of hydrogen-bond donors (Lipinski definition) is 0. The van der Waals surface area contributed by atoms with Crippen LogP contribution in [-0.4, -0.2) is 20.6 Å². The molecule has 1 aromatic heterocycles. The molecule has 1 aromatic rings. The van der Waals surface area contributed by atoms with Gasteiger partial charge in [0.2, 0.25) is 0 Å². The second-order valence-corrected chi connectivity index (χ2v) is 4.73. The highest BCUT2D eigenvalue weighted by atomic mass is 16.6. The fraction of sp³-hybridized carbons (Fsp3) is 0.750. The third kappa shape index (κ3) is 3.00. The fourth-order valence-corrected chi connectivity index (χ4v) is 2.23. The van der Waals surface area contributed by atoms with Crippen molar-refractivity contribution >= 4 is 5.82 Å². The van der Waals surface area contributed by atoms with Gasteiger partial charge in [-0.25, -0.2) is 0 Å². The van der Waals surface area contributed by atoms with E-state index in [2.05, 4.69) is 11.9 Å². The van der Waals surface area contributed by atoms with Gasteiger partial charge in [0, 0.05) is 4.98 Å². The Morgan fingerprint density at radius 2 is 2.28 bits per heavy atom. The normalized spacial score (nSPS) is 17.5. The quantitative estimate of drug-likeness (QED) is 0.425. The summed E-state index contributed by atoms with van der Waals surface area (Å²) < 4.78 is 7.32. The van der Waals surface area contributed by atoms with Crippen LogP contribution in [-0.2, 0) is 6.54 Å². The van der Waals surface area contributed by atoms with Crippen molar-refractivity contribution in [1.29, 1.82) is 0 Å². The molecular weight excluding hydrogens is 234 g/mol. The van der Waals surface area contributed by atoms with Crippen molar-refractivity contribution in [2.24, 2.45) is 0 Å². The molecule has 2 heterocycles. The number of nitro groups is 1. The minimum absolute atomic E-state index is 0.133. The molecule has 18 heavy (non-hydrogen) atoms. The van der Waals surface area contributed by atoms with Crippen LogP contribution in [0.2, 0.25) is 0 Å². The summed E-state index contributed by atoms with van der Waals surface area (Å²) in [6.07, 6.45) is 8.79. The summed E-state index contributed by atoms with van der Waals surface area (Å²) in [5.74, 6) is -0.133. The molecule has 0 N–H and O–H groups in total. The maximum atomic E-state index is 10.5. The number of rotatable bonds is 7. The van der Waals surface area contributed by atoms with Gasteiger partial charge < -0.3 is 14.9 Å². The summed E-state index contributed by atoms with van der Waals surface area (Å²) in [5.41, 5.74) is 0. The number of ether oxygens (including phenoxy) is 1. The maximum absolute atomic E-state index is 10.5. The second kappa shape index (κ2) is 5.84. The third-order valence-electron chi connectivity index (χ3n) is 3.22. The molecule has 1 aliphatic rings. The lowest BCUT2D eigenvalue weighted by atomic mass is 10.1. The van der Waals surface area contributed by atoms with Crippen molar-refractivity contribution in [1.82, 2.24) is 9.55 Å². The zero-order valence-electron chi connectivity index (χ0n) is 10.7. The van der Waals surface area contributed by atoms with Crippen molar-refractivity contribution in [2.75, 3.05) is 0 Å². The zero-order chi connectivity index (χ0) is 13.0. The van der Waals surface area contributed by atoms with Gasteiger partial charge in [-0.05, 0) is 17.8 Å². The Morgan fingerprint density at radius 3 is 2.94 bits per heavy atom. The number of imidazole rings is 1. The smallest absolute Gasteiger partial charge is 0.414 e. The summed E-state index contributed by atoms with van der Waals surface area (Å²) in [4.78, 5) is 13.9. The Labute approximate surface area is 106 Å². The van der Waals surface area contributed by atoms with Crippen LogP contribution in [0.25, 0.3) is 0 Å². The highest BCUT2D eigenvalue weighted by Crippen LogP contribution is 2.26. The highest BCUT2D eigenvalue weighted by Gasteiger charge is 2.30. The average molecular weight is 253 g/mol. The lowest BCUT2D eigenvalue weighted by Gasteiger charge is -2.07. The summed E-state index contributed by atoms with van der Waals surface area (Å²) in [6.45, 7) is 2.88. The molecule has 1 unspecified atom stereocenters. The Hall–Kier alpha value is -1.59. The van der Waals surface area contributed by atoms with Gasteiger partial charge in [0.15, 0.2) is 0 Å². The molecule has 0 aromatic carbocycles. The van der Waals surface area contributed by atoms with E-state index in [1.54, 1.807) is 4.57 Å². The first-order valence-corrected chi connectivity index (χ1v) is 6.59. The summed E-state index contributed by atoms with van der Waals surface area (Å²) in [7, 11) is 0. The minimum Gasteiger partial charge on any atom is -0.441 e. The Kier molecular flexibility index (Phi) is 4.17. The molecule has 0 fully saturated rings. The molecular formula is C12H19N3O3. The first kappa shape index (κ1) is 12.9. The number of fused-ring (bicyclic) bond motifs is 1. The zero-order valence-corrected chi connectivity index (χ0v) is 10.7. The van der Waals surface area contributed by atoms with Crippen LogP contribution in [0, 0.1) is 10.1 Å². The second-order valence-electron chi connectivity index (χ2n) is 4.73. The van der Waals surface area contributed by atoms with Crippen LogP contribution in [0.15, 0.2) is 6.20 Å². The summed E-state index contributed by atoms with van der Waals surface area (Å²) >= 11 is 0. The van der Waals surface area contributed by atoms with Crippen molar-refractivity contribution in [2.45, 2.75) is 58.1 Å². The first-order chi connectivity index (χ1) is 8.70. The number of hydrogen-bond acceptors (Lipinski definition) is 4. The molecule has 100 valence electrons. The van der Waals surface area contributed by atoms with Crippen molar-refractivity contribution in [3.8, 4) is 6.01 Å². The number of nitrogens with zero attached hydrogens (tertiary/aromatic N) is 3. The molecule has 2 rings (SSSR count). The summed E-state index contributed by atoms with van der Waals surface area (Å²) in [5, 5.41) is 10.5. The van der Waals surface area contributed by atoms with Gasteiger partial charge in [-0.3, -0.25) is 4.57 Å². The van der Waals surface area contributed by atoms with Gasteiger partial charge in [0.1, 0.15) is 12.3 Å². The van der Waals surface area contributed by atoms with Crippen LogP contribution in [0.5, 0.6) is 6.01 Å². The van der Waals surface area contributed by atoms with Gasteiger partial charge in [-0.2, -0.15) is 0 Å². The number of unbranched alkanes of at least 4 members (excludes halogenated alkanes) is 4. The molecule has 1 aliphatic heterocycles. The topological polar surface area (TPSA) is 70.2 Å². The van der Waals surface area contributed by atoms with Gasteiger partial charge in [-0.15, -0.1) is 0 Å². The molecule has 1 atom stereocenters. The monoisotopic (exact) mass is 253 g/mol. The predicted octanol–water partition coefficient (Wildman–Crippen LogP) is 2.91. The van der Waals surface area contributed by atoms with Gasteiger partial charge in [-0.1, -0.05) is 32.6 Å². The summed E-state index contributed by atoms with van der Waals surface area (Å²) in [6, 6.07) is 0.389. The van der Waals surface area contributed by atoms with E-state index in [0.29, 0.717) is 12.6 Å². The van der Waals surface area contributed by atoms with E-state index in [9.17, 15) is 10.1 Å². The van der Waals surface area contributed by atoms with E-state index < -0.39 is 4.92 Å². The highest BCUT2D eigenvalue weighted by molar-refractivity contribution is 5.22. The van der Waals surface area contributed by atoms with Crippen molar-refractivity contribution < 1.29 is 9.66 Å². The Balaban J connectivity index is 1.73. The Morgan fingerprint density at radius 1 is 1.50 bits per heavy atom. The van der Waals surface area contributed by atoms with Crippen LogP contribution in [0.4, 0.5) is 5.82 Å². The fourth-order valence-electron chi connectivity index (χ4n) is 2.23. The molecule has 6 heteroatoms. The average Bonchev–Trinajstić information content (AvgIpc) is 2.86. The van der Waals surface area contributed by atoms with E-state index in [4.69, 9.17) is 4.74 Å². The van der Waals surface area contributed by atoms with Gasteiger partial charge in [0.05, 0.1) is 6.54 Å². The van der Waals surface area contributed by atoms with Crippen LogP contribution < -0.4 is 4.74 Å². The lowest BCUT2D eigenvalue weighted by Crippen LogP contribution is -2.14. The van der Waals surface area contributed by atoms with E-state index in [1.165, 1.54) is 31.9 Å². The molecule has 6 nitrogen and oxygen atoms in total.